The zero-order chi connectivity index (χ0) is 16.8. The zero-order valence-electron chi connectivity index (χ0n) is 12.2. The largest absolute Gasteiger partial charge is 0.352 e. The van der Waals surface area contributed by atoms with Gasteiger partial charge in [-0.1, -0.05) is 6.07 Å². The summed E-state index contributed by atoms with van der Waals surface area (Å²) in [6, 6.07) is 3.77. The molecule has 0 aliphatic rings. The molecule has 0 saturated heterocycles. The Hall–Kier alpha value is -1.77. The lowest BCUT2D eigenvalue weighted by atomic mass is 10.1. The molecule has 1 rings (SSSR count). The maximum atomic E-state index is 13.3. The van der Waals surface area contributed by atoms with E-state index in [0.29, 0.717) is 11.1 Å². The van der Waals surface area contributed by atoms with Crippen molar-refractivity contribution in [3.05, 3.63) is 35.1 Å². The summed E-state index contributed by atoms with van der Waals surface area (Å²) < 4.78 is 60.3. The Balaban J connectivity index is 2.81. The number of benzene rings is 1. The van der Waals surface area contributed by atoms with Gasteiger partial charge in [-0.2, -0.15) is 0 Å². The van der Waals surface area contributed by atoms with Crippen molar-refractivity contribution in [1.82, 2.24) is 10.6 Å². The van der Waals surface area contributed by atoms with Crippen LogP contribution in [0, 0.1) is 5.82 Å². The molecule has 0 amide bonds. The minimum Gasteiger partial charge on any atom is -0.352 e. The molecule has 0 aliphatic heterocycles. The van der Waals surface area contributed by atoms with Crippen LogP contribution < -0.4 is 10.6 Å². The van der Waals surface area contributed by atoms with Crippen molar-refractivity contribution in [2.75, 3.05) is 19.8 Å². The standard InChI is InChI=1S/C13H18F3N3O2S/c1-17-13(19-7-12(15)16)18-6-10-5-11(14)4-3-9(10)8-22(2,20)21/h3-5,12H,6-8H2,1-2H3,(H2,17,18,19). The fourth-order valence-electron chi connectivity index (χ4n) is 1.76. The van der Waals surface area contributed by atoms with Gasteiger partial charge in [0.25, 0.3) is 6.43 Å². The third kappa shape index (κ3) is 6.79. The quantitative estimate of drug-likeness (QED) is 0.606. The number of hydrogen-bond acceptors (Lipinski definition) is 3. The molecule has 9 heteroatoms. The molecule has 0 saturated carbocycles. The number of nitrogens with one attached hydrogen (secondary N) is 2. The third-order valence-corrected chi connectivity index (χ3v) is 3.52. The molecule has 0 aliphatic carbocycles. The molecule has 0 fully saturated rings. The molecular formula is C13H18F3N3O2S. The van der Waals surface area contributed by atoms with E-state index in [-0.39, 0.29) is 18.3 Å². The minimum absolute atomic E-state index is 0.0610. The molecule has 0 aromatic heterocycles. The summed E-state index contributed by atoms with van der Waals surface area (Å²) in [5.41, 5.74) is 0.867. The second-order valence-electron chi connectivity index (χ2n) is 4.68. The highest BCUT2D eigenvalue weighted by Gasteiger charge is 2.11. The Morgan fingerprint density at radius 1 is 1.27 bits per heavy atom. The lowest BCUT2D eigenvalue weighted by molar-refractivity contribution is 0.152. The monoisotopic (exact) mass is 337 g/mol. The van der Waals surface area contributed by atoms with Gasteiger partial charge in [0, 0.05) is 19.8 Å². The minimum atomic E-state index is -3.27. The van der Waals surface area contributed by atoms with Gasteiger partial charge in [0.2, 0.25) is 0 Å². The lowest BCUT2D eigenvalue weighted by Crippen LogP contribution is -2.39. The predicted octanol–water partition coefficient (Wildman–Crippen LogP) is 1.30. The fraction of sp³-hybridized carbons (Fsp3) is 0.462. The van der Waals surface area contributed by atoms with Crippen LogP contribution in [-0.4, -0.2) is 40.7 Å². The van der Waals surface area contributed by atoms with Crippen molar-refractivity contribution in [2.45, 2.75) is 18.7 Å². The first-order chi connectivity index (χ1) is 10.2. The predicted molar refractivity (Wildman–Crippen MR) is 79.2 cm³/mol. The molecule has 0 atom stereocenters. The number of nitrogens with zero attached hydrogens (tertiary/aromatic N) is 1. The van der Waals surface area contributed by atoms with Gasteiger partial charge in [-0.3, -0.25) is 4.99 Å². The summed E-state index contributed by atoms with van der Waals surface area (Å²) in [6.45, 7) is -0.509. The van der Waals surface area contributed by atoms with Crippen LogP contribution in [0.3, 0.4) is 0 Å². The Morgan fingerprint density at radius 2 is 1.95 bits per heavy atom. The molecular weight excluding hydrogens is 319 g/mol. The van der Waals surface area contributed by atoms with Crippen molar-refractivity contribution < 1.29 is 21.6 Å². The first-order valence-corrected chi connectivity index (χ1v) is 8.45. The molecule has 22 heavy (non-hydrogen) atoms. The summed E-state index contributed by atoms with van der Waals surface area (Å²) in [6.07, 6.45) is -1.45. The normalized spacial score (nSPS) is 12.5. The van der Waals surface area contributed by atoms with Gasteiger partial charge in [-0.15, -0.1) is 0 Å². The summed E-state index contributed by atoms with van der Waals surface area (Å²) in [4.78, 5) is 3.75. The maximum Gasteiger partial charge on any atom is 0.255 e. The Kier molecular flexibility index (Phi) is 6.66. The van der Waals surface area contributed by atoms with Crippen molar-refractivity contribution in [3.8, 4) is 0 Å². The third-order valence-electron chi connectivity index (χ3n) is 2.68. The van der Waals surface area contributed by atoms with E-state index in [1.165, 1.54) is 25.2 Å². The summed E-state index contributed by atoms with van der Waals surface area (Å²) in [7, 11) is -1.87. The van der Waals surface area contributed by atoms with Crippen LogP contribution in [0.15, 0.2) is 23.2 Å². The molecule has 0 radical (unpaired) electrons. The van der Waals surface area contributed by atoms with E-state index < -0.39 is 28.6 Å². The van der Waals surface area contributed by atoms with E-state index >= 15 is 0 Å². The molecule has 0 spiro atoms. The lowest BCUT2D eigenvalue weighted by Gasteiger charge is -2.14. The average Bonchev–Trinajstić information content (AvgIpc) is 2.40. The van der Waals surface area contributed by atoms with Crippen LogP contribution in [0.1, 0.15) is 11.1 Å². The average molecular weight is 337 g/mol. The van der Waals surface area contributed by atoms with E-state index in [9.17, 15) is 21.6 Å². The summed E-state index contributed by atoms with van der Waals surface area (Å²) >= 11 is 0. The van der Waals surface area contributed by atoms with Crippen LogP contribution in [0.4, 0.5) is 13.2 Å². The summed E-state index contributed by atoms with van der Waals surface area (Å²) in [5.74, 6) is -0.618. The second kappa shape index (κ2) is 8.02. The molecule has 2 N–H and O–H groups in total. The molecule has 1 aromatic rings. The first-order valence-electron chi connectivity index (χ1n) is 6.39. The highest BCUT2D eigenvalue weighted by Crippen LogP contribution is 2.14. The van der Waals surface area contributed by atoms with E-state index in [1.54, 1.807) is 0 Å². The van der Waals surface area contributed by atoms with Gasteiger partial charge in [-0.25, -0.2) is 21.6 Å². The van der Waals surface area contributed by atoms with Crippen LogP contribution in [-0.2, 0) is 22.1 Å². The summed E-state index contributed by atoms with van der Waals surface area (Å²) in [5, 5.41) is 5.14. The van der Waals surface area contributed by atoms with E-state index in [1.807, 2.05) is 0 Å². The van der Waals surface area contributed by atoms with Gasteiger partial charge in [0.15, 0.2) is 15.8 Å². The molecule has 124 valence electrons. The van der Waals surface area contributed by atoms with Crippen molar-refractivity contribution in [1.29, 1.82) is 0 Å². The SMILES string of the molecule is CN=C(NCc1cc(F)ccc1CS(C)(=O)=O)NCC(F)F. The zero-order valence-corrected chi connectivity index (χ0v) is 13.1. The van der Waals surface area contributed by atoms with E-state index in [4.69, 9.17) is 0 Å². The van der Waals surface area contributed by atoms with Crippen molar-refractivity contribution >= 4 is 15.8 Å². The highest BCUT2D eigenvalue weighted by molar-refractivity contribution is 7.89. The number of aliphatic imine (C=N–C) groups is 1. The van der Waals surface area contributed by atoms with E-state index in [0.717, 1.165) is 6.26 Å². The molecule has 0 unspecified atom stereocenters. The number of rotatable bonds is 6. The molecule has 5 nitrogen and oxygen atoms in total. The number of hydrogen-bond donors (Lipinski definition) is 2. The van der Waals surface area contributed by atoms with Crippen LogP contribution in [0.25, 0.3) is 0 Å². The van der Waals surface area contributed by atoms with E-state index in [2.05, 4.69) is 15.6 Å². The second-order valence-corrected chi connectivity index (χ2v) is 6.82. The maximum absolute atomic E-state index is 13.3. The first kappa shape index (κ1) is 18.3. The van der Waals surface area contributed by atoms with Crippen molar-refractivity contribution in [3.63, 3.8) is 0 Å². The topological polar surface area (TPSA) is 70.6 Å². The van der Waals surface area contributed by atoms with Crippen LogP contribution >= 0.6 is 0 Å². The molecule has 0 bridgehead atoms. The molecule has 0 heterocycles. The van der Waals surface area contributed by atoms with Crippen molar-refractivity contribution in [2.24, 2.45) is 4.99 Å². The van der Waals surface area contributed by atoms with Gasteiger partial charge in [0.05, 0.1) is 12.3 Å². The highest BCUT2D eigenvalue weighted by atomic mass is 32.2. The van der Waals surface area contributed by atoms with Gasteiger partial charge >= 0.3 is 0 Å². The Morgan fingerprint density at radius 3 is 2.50 bits per heavy atom. The van der Waals surface area contributed by atoms with Gasteiger partial charge < -0.3 is 10.6 Å². The number of halogens is 3. The Labute approximate surface area is 127 Å². The number of guanidine groups is 1. The number of sulfone groups is 1. The van der Waals surface area contributed by atoms with Gasteiger partial charge in [0.1, 0.15) is 5.82 Å². The van der Waals surface area contributed by atoms with Crippen LogP contribution in [0.2, 0.25) is 0 Å². The van der Waals surface area contributed by atoms with Gasteiger partial charge in [-0.05, 0) is 23.3 Å². The number of alkyl halides is 2. The fourth-order valence-corrected chi connectivity index (χ4v) is 2.60. The Bertz CT molecular complexity index is 633. The molecule has 1 aromatic carbocycles. The van der Waals surface area contributed by atoms with Crippen LogP contribution in [0.5, 0.6) is 0 Å². The smallest absolute Gasteiger partial charge is 0.255 e.